The van der Waals surface area contributed by atoms with Crippen LogP contribution in [0.15, 0.2) is 277 Å². The fourth-order valence-corrected chi connectivity index (χ4v) is 12.5. The molecule has 3 aliphatic heterocycles. The summed E-state index contributed by atoms with van der Waals surface area (Å²) >= 11 is 1.83. The second kappa shape index (κ2) is 18.1. The van der Waals surface area contributed by atoms with Crippen LogP contribution in [0.25, 0.3) is 22.3 Å². The van der Waals surface area contributed by atoms with Crippen LogP contribution in [0.2, 0.25) is 0 Å². The molecule has 0 amide bonds. The van der Waals surface area contributed by atoms with Crippen molar-refractivity contribution >= 4 is 92.1 Å². The van der Waals surface area contributed by atoms with Crippen molar-refractivity contribution in [2.75, 3.05) is 9.80 Å². The van der Waals surface area contributed by atoms with Gasteiger partial charge in [-0.25, -0.2) is 0 Å². The predicted molar refractivity (Wildman–Crippen MR) is 306 cm³/mol. The van der Waals surface area contributed by atoms with E-state index < -0.39 is 0 Å². The Morgan fingerprint density at radius 2 is 0.712 bits per heavy atom. The lowest BCUT2D eigenvalue weighted by molar-refractivity contribution is 0.465. The van der Waals surface area contributed by atoms with Gasteiger partial charge in [-0.1, -0.05) is 205 Å². The minimum absolute atomic E-state index is 0.0832. The topological polar surface area (TPSA) is 24.9 Å². The highest BCUT2D eigenvalue weighted by Gasteiger charge is 2.43. The normalized spacial score (nSPS) is 12.5. The molecule has 0 saturated heterocycles. The van der Waals surface area contributed by atoms with Crippen molar-refractivity contribution < 1.29 is 9.47 Å². The SMILES string of the molecule is c1ccc(-c2cccc(-c3ccccc3)c2B2c3ccc(N(c4ccccc4)c4ccccc4)cc3Oc3cc4c(cc32)B2c3ccccc3Sc3cc(N(c5ccccc5)c5ccccc5)cc(c32)O4)cc1. The van der Waals surface area contributed by atoms with Crippen molar-refractivity contribution in [2.24, 2.45) is 0 Å². The lowest BCUT2D eigenvalue weighted by Crippen LogP contribution is -2.61. The minimum Gasteiger partial charge on any atom is -0.458 e. The average molecular weight is 951 g/mol. The summed E-state index contributed by atoms with van der Waals surface area (Å²) in [5.74, 6) is 3.21. The van der Waals surface area contributed by atoms with E-state index in [0.29, 0.717) is 0 Å². The Labute approximate surface area is 431 Å². The van der Waals surface area contributed by atoms with E-state index in [-0.39, 0.29) is 13.4 Å². The molecule has 0 saturated carbocycles. The zero-order valence-electron chi connectivity index (χ0n) is 39.7. The zero-order chi connectivity index (χ0) is 48.2. The molecule has 0 atom stereocenters. The van der Waals surface area contributed by atoms with Gasteiger partial charge in [0.2, 0.25) is 0 Å². The number of fused-ring (bicyclic) bond motifs is 6. The first-order valence-corrected chi connectivity index (χ1v) is 25.7. The van der Waals surface area contributed by atoms with Crippen molar-refractivity contribution in [3.8, 4) is 45.3 Å². The van der Waals surface area contributed by atoms with E-state index >= 15 is 0 Å². The van der Waals surface area contributed by atoms with Crippen molar-refractivity contribution in [2.45, 2.75) is 9.79 Å². The Morgan fingerprint density at radius 1 is 0.274 bits per heavy atom. The van der Waals surface area contributed by atoms with Gasteiger partial charge < -0.3 is 19.3 Å². The van der Waals surface area contributed by atoms with E-state index in [1.54, 1.807) is 0 Å². The third kappa shape index (κ3) is 7.51. The summed E-state index contributed by atoms with van der Waals surface area (Å²) in [5.41, 5.74) is 18.0. The molecule has 0 spiro atoms. The lowest BCUT2D eigenvalue weighted by Gasteiger charge is -2.37. The highest BCUT2D eigenvalue weighted by atomic mass is 32.2. The van der Waals surface area contributed by atoms with Crippen molar-refractivity contribution in [3.63, 3.8) is 0 Å². The molecule has 11 aromatic carbocycles. The van der Waals surface area contributed by atoms with Gasteiger partial charge in [-0.3, -0.25) is 0 Å². The van der Waals surface area contributed by atoms with Crippen LogP contribution in [0.4, 0.5) is 34.1 Å². The van der Waals surface area contributed by atoms with Crippen LogP contribution in [0.1, 0.15) is 0 Å². The van der Waals surface area contributed by atoms with Crippen LogP contribution >= 0.6 is 11.8 Å². The third-order valence-corrected chi connectivity index (χ3v) is 15.6. The highest BCUT2D eigenvalue weighted by Crippen LogP contribution is 2.45. The van der Waals surface area contributed by atoms with E-state index in [1.807, 2.05) is 11.8 Å². The standard InChI is InChI=1S/C66H44B2N2O2S/c1-7-22-45(23-8-1)53-34-21-35-54(46-24-9-2-10-25-46)65(53)67-55-39-38-51(69(47-26-11-3-12-27-47)48-28-13-4-14-29-48)40-59(55)71-60-44-61-58(43-57(60)67)68-56-36-19-20-37-63(56)73-64-42-52(41-62(72-61)66(64)68)70(49-30-15-5-16-31-49)50-32-17-6-18-33-50/h1-44H. The van der Waals surface area contributed by atoms with E-state index in [0.717, 1.165) is 84.6 Å². The lowest BCUT2D eigenvalue weighted by atomic mass is 9.31. The molecule has 4 nitrogen and oxygen atoms in total. The Kier molecular flexibility index (Phi) is 10.6. The number of anilines is 6. The second-order valence-corrected chi connectivity index (χ2v) is 19.8. The molecule has 3 aliphatic rings. The third-order valence-electron chi connectivity index (χ3n) is 14.5. The summed E-state index contributed by atoms with van der Waals surface area (Å²) in [6, 6.07) is 95.7. The van der Waals surface area contributed by atoms with Gasteiger partial charge in [0.25, 0.3) is 13.4 Å². The van der Waals surface area contributed by atoms with Gasteiger partial charge in [-0.15, -0.1) is 0 Å². The summed E-state index contributed by atoms with van der Waals surface area (Å²) in [7, 11) is 0. The largest absolute Gasteiger partial charge is 0.458 e. The quantitative estimate of drug-likeness (QED) is 0.134. The predicted octanol–water partition coefficient (Wildman–Crippen LogP) is 13.7. The maximum atomic E-state index is 7.37. The fraction of sp³-hybridized carbons (Fsp3) is 0. The Morgan fingerprint density at radius 3 is 1.26 bits per heavy atom. The van der Waals surface area contributed by atoms with Crippen molar-refractivity contribution in [1.82, 2.24) is 0 Å². The van der Waals surface area contributed by atoms with Crippen LogP contribution < -0.4 is 52.1 Å². The van der Waals surface area contributed by atoms with E-state index in [4.69, 9.17) is 9.47 Å². The molecule has 3 heterocycles. The molecule has 73 heavy (non-hydrogen) atoms. The van der Waals surface area contributed by atoms with Crippen molar-refractivity contribution in [3.05, 3.63) is 267 Å². The summed E-state index contributed by atoms with van der Waals surface area (Å²) in [6.07, 6.45) is 0. The van der Waals surface area contributed by atoms with Crippen LogP contribution in [0.3, 0.4) is 0 Å². The number of ether oxygens (including phenoxy) is 2. The average Bonchev–Trinajstić information content (AvgIpc) is 3.45. The fourth-order valence-electron chi connectivity index (χ4n) is 11.3. The maximum absolute atomic E-state index is 7.37. The molecule has 0 radical (unpaired) electrons. The van der Waals surface area contributed by atoms with E-state index in [2.05, 4.69) is 277 Å². The van der Waals surface area contributed by atoms with Gasteiger partial charge in [-0.2, -0.15) is 0 Å². The first-order chi connectivity index (χ1) is 36.2. The monoisotopic (exact) mass is 950 g/mol. The summed E-state index contributed by atoms with van der Waals surface area (Å²) in [6.45, 7) is -0.312. The molecule has 0 fully saturated rings. The van der Waals surface area contributed by atoms with Gasteiger partial charge in [0.15, 0.2) is 0 Å². The maximum Gasteiger partial charge on any atom is 0.253 e. The minimum atomic E-state index is -0.228. The van der Waals surface area contributed by atoms with Gasteiger partial charge >= 0.3 is 0 Å². The molecule has 0 bridgehead atoms. The molecule has 342 valence electrons. The van der Waals surface area contributed by atoms with Crippen LogP contribution in [-0.2, 0) is 0 Å². The molecule has 11 aromatic rings. The molecule has 0 aliphatic carbocycles. The molecule has 0 aromatic heterocycles. The zero-order valence-corrected chi connectivity index (χ0v) is 40.5. The van der Waals surface area contributed by atoms with Crippen LogP contribution in [0.5, 0.6) is 23.0 Å². The van der Waals surface area contributed by atoms with Gasteiger partial charge in [0, 0.05) is 56.4 Å². The van der Waals surface area contributed by atoms with Crippen LogP contribution in [-0.4, -0.2) is 13.4 Å². The number of hydrogen-bond acceptors (Lipinski definition) is 5. The van der Waals surface area contributed by atoms with Gasteiger partial charge in [-0.05, 0) is 111 Å². The number of hydrogen-bond donors (Lipinski definition) is 0. The Hall–Kier alpha value is -8.90. The smallest absolute Gasteiger partial charge is 0.253 e. The van der Waals surface area contributed by atoms with Crippen LogP contribution in [0, 0.1) is 0 Å². The highest BCUT2D eigenvalue weighted by molar-refractivity contribution is 8.00. The second-order valence-electron chi connectivity index (χ2n) is 18.7. The van der Waals surface area contributed by atoms with Crippen molar-refractivity contribution in [1.29, 1.82) is 0 Å². The molecule has 14 rings (SSSR count). The molecule has 0 N–H and O–H groups in total. The molecular weight excluding hydrogens is 906 g/mol. The summed E-state index contributed by atoms with van der Waals surface area (Å²) in [5, 5.41) is 0. The number of rotatable bonds is 9. The molecule has 7 heteroatoms. The summed E-state index contributed by atoms with van der Waals surface area (Å²) < 4.78 is 14.7. The van der Waals surface area contributed by atoms with E-state index in [9.17, 15) is 0 Å². The molecule has 0 unspecified atom stereocenters. The Balaban J connectivity index is 1.01. The first kappa shape index (κ1) is 42.9. The van der Waals surface area contributed by atoms with Gasteiger partial charge in [0.1, 0.15) is 23.0 Å². The number of benzene rings is 11. The molecular formula is C66H44B2N2O2S. The van der Waals surface area contributed by atoms with Gasteiger partial charge in [0.05, 0.1) is 5.69 Å². The Bertz CT molecular complexity index is 3710. The number of para-hydroxylation sites is 4. The first-order valence-electron chi connectivity index (χ1n) is 24.9. The number of nitrogens with zero attached hydrogens (tertiary/aromatic N) is 2. The van der Waals surface area contributed by atoms with E-state index in [1.165, 1.54) is 37.3 Å². The summed E-state index contributed by atoms with van der Waals surface area (Å²) in [4.78, 5) is 7.05.